The molecule has 2 aromatic carbocycles. The number of aliphatic carboxylic acids is 1. The average molecular weight is 354 g/mol. The Morgan fingerprint density at radius 2 is 1.88 bits per heavy atom. The topological polar surface area (TPSA) is 55.8 Å². The lowest BCUT2D eigenvalue weighted by molar-refractivity contribution is -0.135. The van der Waals surface area contributed by atoms with Gasteiger partial charge in [-0.2, -0.15) is 0 Å². The fourth-order valence-electron chi connectivity index (χ4n) is 3.23. The standard InChI is InChI=1S/C21H19FO4/c1-12-17(8-13-4-6-15(25-2)10-20(13)26-3)16-7-5-14(22)9-19(16)18(12)11-21(23)24/h4-10H,11H2,1-3H3,(H,23,24). The summed E-state index contributed by atoms with van der Waals surface area (Å²) in [7, 11) is 3.16. The highest BCUT2D eigenvalue weighted by molar-refractivity contribution is 6.07. The zero-order chi connectivity index (χ0) is 18.8. The number of carbonyl (C=O) groups is 1. The molecule has 0 bridgehead atoms. The van der Waals surface area contributed by atoms with Gasteiger partial charge in [0.1, 0.15) is 17.3 Å². The van der Waals surface area contributed by atoms with Crippen molar-refractivity contribution in [3.63, 3.8) is 0 Å². The first-order valence-electron chi connectivity index (χ1n) is 8.10. The predicted molar refractivity (Wildman–Crippen MR) is 98.7 cm³/mol. The lowest BCUT2D eigenvalue weighted by Gasteiger charge is -2.10. The van der Waals surface area contributed by atoms with Crippen molar-refractivity contribution < 1.29 is 23.8 Å². The summed E-state index contributed by atoms with van der Waals surface area (Å²) in [6.45, 7) is 1.86. The lowest BCUT2D eigenvalue weighted by Crippen LogP contribution is -1.97. The number of rotatable bonds is 5. The molecule has 1 aliphatic carbocycles. The van der Waals surface area contributed by atoms with Gasteiger partial charge in [0.25, 0.3) is 0 Å². The molecule has 5 heteroatoms. The van der Waals surface area contributed by atoms with Crippen molar-refractivity contribution in [1.29, 1.82) is 0 Å². The predicted octanol–water partition coefficient (Wildman–Crippen LogP) is 4.65. The van der Waals surface area contributed by atoms with E-state index in [0.717, 1.165) is 22.3 Å². The Morgan fingerprint density at radius 1 is 1.12 bits per heavy atom. The third-order valence-electron chi connectivity index (χ3n) is 4.52. The van der Waals surface area contributed by atoms with E-state index >= 15 is 0 Å². The van der Waals surface area contributed by atoms with Crippen molar-refractivity contribution in [1.82, 2.24) is 0 Å². The molecule has 1 aliphatic rings. The fourth-order valence-corrected chi connectivity index (χ4v) is 3.23. The number of hydrogen-bond acceptors (Lipinski definition) is 3. The van der Waals surface area contributed by atoms with Crippen LogP contribution in [0.2, 0.25) is 0 Å². The molecule has 0 fully saturated rings. The highest BCUT2D eigenvalue weighted by atomic mass is 19.1. The Balaban J connectivity index is 2.17. The first-order chi connectivity index (χ1) is 12.4. The number of methoxy groups -OCH3 is 2. The molecule has 0 amide bonds. The maximum Gasteiger partial charge on any atom is 0.307 e. The number of allylic oxidation sites excluding steroid dienone is 2. The van der Waals surface area contributed by atoms with Crippen LogP contribution < -0.4 is 9.47 Å². The zero-order valence-corrected chi connectivity index (χ0v) is 14.8. The molecule has 0 atom stereocenters. The molecule has 0 spiro atoms. The van der Waals surface area contributed by atoms with Crippen LogP contribution in [0.15, 0.2) is 42.0 Å². The maximum atomic E-state index is 13.7. The van der Waals surface area contributed by atoms with E-state index in [0.29, 0.717) is 22.6 Å². The van der Waals surface area contributed by atoms with Gasteiger partial charge in [0.2, 0.25) is 0 Å². The van der Waals surface area contributed by atoms with Crippen LogP contribution in [0.3, 0.4) is 0 Å². The number of ether oxygens (including phenoxy) is 2. The van der Waals surface area contributed by atoms with E-state index < -0.39 is 5.97 Å². The molecule has 134 valence electrons. The Bertz CT molecular complexity index is 941. The number of fused-ring (bicyclic) bond motifs is 1. The van der Waals surface area contributed by atoms with Crippen molar-refractivity contribution in [3.8, 4) is 11.5 Å². The van der Waals surface area contributed by atoms with Gasteiger partial charge >= 0.3 is 5.97 Å². The van der Waals surface area contributed by atoms with Crippen molar-refractivity contribution >= 4 is 23.2 Å². The van der Waals surface area contributed by atoms with Crippen LogP contribution in [0.1, 0.15) is 30.0 Å². The maximum absolute atomic E-state index is 13.7. The molecule has 0 saturated carbocycles. The van der Waals surface area contributed by atoms with E-state index in [1.54, 1.807) is 26.4 Å². The van der Waals surface area contributed by atoms with Gasteiger partial charge in [-0.3, -0.25) is 4.79 Å². The Hall–Kier alpha value is -3.08. The smallest absolute Gasteiger partial charge is 0.307 e. The van der Waals surface area contributed by atoms with Gasteiger partial charge in [-0.05, 0) is 65.1 Å². The Kier molecular flexibility index (Phi) is 4.80. The normalized spacial score (nSPS) is 14.5. The number of carboxylic acid groups (broad SMARTS) is 1. The molecular weight excluding hydrogens is 335 g/mol. The van der Waals surface area contributed by atoms with E-state index in [2.05, 4.69) is 0 Å². The third-order valence-corrected chi connectivity index (χ3v) is 4.52. The SMILES string of the molecule is COc1ccc(C=C2C(C)=C(CC(=O)O)c3cc(F)ccc32)c(OC)c1. The van der Waals surface area contributed by atoms with Crippen LogP contribution in [0.25, 0.3) is 17.2 Å². The number of carboxylic acids is 1. The summed E-state index contributed by atoms with van der Waals surface area (Å²) in [6.07, 6.45) is 1.78. The van der Waals surface area contributed by atoms with E-state index in [4.69, 9.17) is 9.47 Å². The van der Waals surface area contributed by atoms with Crippen LogP contribution >= 0.6 is 0 Å². The minimum Gasteiger partial charge on any atom is -0.497 e. The van der Waals surface area contributed by atoms with Gasteiger partial charge < -0.3 is 14.6 Å². The minimum absolute atomic E-state index is 0.153. The largest absolute Gasteiger partial charge is 0.497 e. The monoisotopic (exact) mass is 354 g/mol. The van der Waals surface area contributed by atoms with Crippen LogP contribution in [0.5, 0.6) is 11.5 Å². The summed E-state index contributed by atoms with van der Waals surface area (Å²) in [5, 5.41) is 9.22. The quantitative estimate of drug-likeness (QED) is 0.849. The van der Waals surface area contributed by atoms with Crippen molar-refractivity contribution in [3.05, 3.63) is 64.5 Å². The van der Waals surface area contributed by atoms with Gasteiger partial charge in [-0.1, -0.05) is 6.07 Å². The molecule has 0 aliphatic heterocycles. The molecule has 0 heterocycles. The third kappa shape index (κ3) is 3.20. The first kappa shape index (κ1) is 17.7. The van der Waals surface area contributed by atoms with Crippen LogP contribution in [0.4, 0.5) is 4.39 Å². The average Bonchev–Trinajstić information content (AvgIpc) is 2.86. The van der Waals surface area contributed by atoms with Crippen molar-refractivity contribution in [2.24, 2.45) is 0 Å². The van der Waals surface area contributed by atoms with Gasteiger partial charge in [-0.25, -0.2) is 4.39 Å². The second-order valence-corrected chi connectivity index (χ2v) is 6.03. The summed E-state index contributed by atoms with van der Waals surface area (Å²) in [6, 6.07) is 9.94. The van der Waals surface area contributed by atoms with Gasteiger partial charge in [0.15, 0.2) is 0 Å². The van der Waals surface area contributed by atoms with Gasteiger partial charge in [-0.15, -0.1) is 0 Å². The van der Waals surface area contributed by atoms with E-state index in [1.807, 2.05) is 25.1 Å². The number of benzene rings is 2. The van der Waals surface area contributed by atoms with Gasteiger partial charge in [0.05, 0.1) is 20.6 Å². The summed E-state index contributed by atoms with van der Waals surface area (Å²) >= 11 is 0. The minimum atomic E-state index is -0.946. The van der Waals surface area contributed by atoms with Crippen molar-refractivity contribution in [2.45, 2.75) is 13.3 Å². The molecule has 26 heavy (non-hydrogen) atoms. The van der Waals surface area contributed by atoms with Crippen LogP contribution in [0, 0.1) is 5.82 Å². The summed E-state index contributed by atoms with van der Waals surface area (Å²) in [5.74, 6) is -0.0164. The van der Waals surface area contributed by atoms with Crippen molar-refractivity contribution in [2.75, 3.05) is 14.2 Å². The summed E-state index contributed by atoms with van der Waals surface area (Å²) < 4.78 is 24.4. The first-order valence-corrected chi connectivity index (χ1v) is 8.10. The Morgan fingerprint density at radius 3 is 2.54 bits per heavy atom. The fraction of sp³-hybridized carbons (Fsp3) is 0.190. The molecular formula is C21H19FO4. The second kappa shape index (κ2) is 7.04. The zero-order valence-electron chi connectivity index (χ0n) is 14.8. The van der Waals surface area contributed by atoms with E-state index in [-0.39, 0.29) is 12.2 Å². The highest BCUT2D eigenvalue weighted by Gasteiger charge is 2.25. The second-order valence-electron chi connectivity index (χ2n) is 6.03. The molecule has 0 saturated heterocycles. The van der Waals surface area contributed by atoms with Crippen LogP contribution in [-0.2, 0) is 4.79 Å². The molecule has 0 unspecified atom stereocenters. The molecule has 0 radical (unpaired) electrons. The molecule has 4 nitrogen and oxygen atoms in total. The number of halogens is 1. The lowest BCUT2D eigenvalue weighted by atomic mass is 10.00. The Labute approximate surface area is 151 Å². The van der Waals surface area contributed by atoms with Crippen LogP contribution in [-0.4, -0.2) is 25.3 Å². The molecule has 3 rings (SSSR count). The van der Waals surface area contributed by atoms with E-state index in [9.17, 15) is 14.3 Å². The van der Waals surface area contributed by atoms with Gasteiger partial charge in [0, 0.05) is 11.6 Å². The summed E-state index contributed by atoms with van der Waals surface area (Å²) in [4.78, 5) is 11.3. The van der Waals surface area contributed by atoms with E-state index in [1.165, 1.54) is 12.1 Å². The number of hydrogen-bond donors (Lipinski definition) is 1. The highest BCUT2D eigenvalue weighted by Crippen LogP contribution is 2.44. The molecule has 2 aromatic rings. The molecule has 0 aromatic heterocycles. The summed E-state index contributed by atoms with van der Waals surface area (Å²) in [5.41, 5.74) is 4.59. The molecule has 1 N–H and O–H groups in total.